The molecule has 0 aromatic rings. The first-order chi connectivity index (χ1) is 6.74. The van der Waals surface area contributed by atoms with Crippen LogP contribution in [0.2, 0.25) is 6.04 Å². The lowest BCUT2D eigenvalue weighted by Crippen LogP contribution is -2.29. The highest BCUT2D eigenvalue weighted by Gasteiger charge is 2.16. The molecule has 0 amide bonds. The van der Waals surface area contributed by atoms with Crippen molar-refractivity contribution < 1.29 is 8.85 Å². The van der Waals surface area contributed by atoms with Gasteiger partial charge in [0.25, 0.3) is 0 Å². The SMILES string of the molecule is CCNCC(C)C[SiH](OCC)OCC. The maximum absolute atomic E-state index is 5.62. The van der Waals surface area contributed by atoms with Gasteiger partial charge in [-0.3, -0.25) is 0 Å². The first-order valence-electron chi connectivity index (χ1n) is 5.68. The van der Waals surface area contributed by atoms with Crippen molar-refractivity contribution >= 4 is 9.28 Å². The summed E-state index contributed by atoms with van der Waals surface area (Å²) in [6.07, 6.45) is 0. The van der Waals surface area contributed by atoms with Crippen molar-refractivity contribution in [1.29, 1.82) is 0 Å². The standard InChI is InChI=1S/C10H25NO2Si/c1-5-11-8-10(4)9-14(12-6-2)13-7-3/h10-11,14H,5-9H2,1-4H3. The molecular formula is C10H25NO2Si. The second-order valence-corrected chi connectivity index (χ2v) is 5.49. The van der Waals surface area contributed by atoms with Crippen molar-refractivity contribution in [3.63, 3.8) is 0 Å². The number of hydrogen-bond donors (Lipinski definition) is 1. The molecule has 0 radical (unpaired) electrons. The van der Waals surface area contributed by atoms with Gasteiger partial charge in [0.2, 0.25) is 0 Å². The molecule has 0 saturated carbocycles. The molecule has 1 atom stereocenters. The van der Waals surface area contributed by atoms with E-state index in [-0.39, 0.29) is 0 Å². The molecule has 0 aliphatic heterocycles. The van der Waals surface area contributed by atoms with Gasteiger partial charge in [-0.25, -0.2) is 0 Å². The Kier molecular flexibility index (Phi) is 9.71. The fourth-order valence-electron chi connectivity index (χ4n) is 1.36. The lowest BCUT2D eigenvalue weighted by Gasteiger charge is -2.19. The van der Waals surface area contributed by atoms with Gasteiger partial charge < -0.3 is 14.2 Å². The Balaban J connectivity index is 3.64. The monoisotopic (exact) mass is 219 g/mol. The van der Waals surface area contributed by atoms with Gasteiger partial charge in [0.05, 0.1) is 0 Å². The lowest BCUT2D eigenvalue weighted by atomic mass is 10.2. The second kappa shape index (κ2) is 9.64. The molecule has 0 aliphatic carbocycles. The Morgan fingerprint density at radius 2 is 1.71 bits per heavy atom. The zero-order chi connectivity index (χ0) is 10.8. The van der Waals surface area contributed by atoms with Crippen LogP contribution in [-0.2, 0) is 8.85 Å². The topological polar surface area (TPSA) is 30.5 Å². The van der Waals surface area contributed by atoms with Crippen molar-refractivity contribution in [1.82, 2.24) is 5.32 Å². The van der Waals surface area contributed by atoms with Crippen LogP contribution in [0.4, 0.5) is 0 Å². The Morgan fingerprint density at radius 3 is 2.14 bits per heavy atom. The maximum Gasteiger partial charge on any atom is 0.321 e. The summed E-state index contributed by atoms with van der Waals surface area (Å²) < 4.78 is 11.2. The normalized spacial score (nSPS) is 13.5. The van der Waals surface area contributed by atoms with Crippen molar-refractivity contribution in [2.24, 2.45) is 5.92 Å². The fourth-order valence-corrected chi connectivity index (χ4v) is 3.29. The van der Waals surface area contributed by atoms with Crippen LogP contribution in [0, 0.1) is 5.92 Å². The van der Waals surface area contributed by atoms with Crippen LogP contribution >= 0.6 is 0 Å². The van der Waals surface area contributed by atoms with E-state index >= 15 is 0 Å². The van der Waals surface area contributed by atoms with E-state index < -0.39 is 9.28 Å². The average Bonchev–Trinajstić information content (AvgIpc) is 2.15. The molecule has 1 N–H and O–H groups in total. The van der Waals surface area contributed by atoms with Gasteiger partial charge in [0.15, 0.2) is 0 Å². The van der Waals surface area contributed by atoms with E-state index in [1.54, 1.807) is 0 Å². The van der Waals surface area contributed by atoms with E-state index in [0.29, 0.717) is 5.92 Å². The highest BCUT2D eigenvalue weighted by molar-refractivity contribution is 6.44. The summed E-state index contributed by atoms with van der Waals surface area (Å²) in [6, 6.07) is 1.11. The highest BCUT2D eigenvalue weighted by atomic mass is 28.3. The molecule has 4 heteroatoms. The van der Waals surface area contributed by atoms with E-state index in [4.69, 9.17) is 8.85 Å². The fraction of sp³-hybridized carbons (Fsp3) is 1.00. The minimum Gasteiger partial charge on any atom is -0.397 e. The van der Waals surface area contributed by atoms with E-state index in [1.165, 1.54) is 0 Å². The van der Waals surface area contributed by atoms with Crippen molar-refractivity contribution in [2.75, 3.05) is 26.3 Å². The lowest BCUT2D eigenvalue weighted by molar-refractivity contribution is 0.208. The largest absolute Gasteiger partial charge is 0.397 e. The molecule has 0 rings (SSSR count). The Bertz CT molecular complexity index is 119. The molecule has 3 nitrogen and oxygen atoms in total. The quantitative estimate of drug-likeness (QED) is 0.597. The molecule has 0 aromatic carbocycles. The van der Waals surface area contributed by atoms with E-state index in [1.807, 2.05) is 13.8 Å². The molecule has 0 aliphatic rings. The van der Waals surface area contributed by atoms with Crippen LogP contribution in [0.15, 0.2) is 0 Å². The molecule has 86 valence electrons. The van der Waals surface area contributed by atoms with Crippen LogP contribution in [0.25, 0.3) is 0 Å². The number of nitrogens with one attached hydrogen (secondary N) is 1. The summed E-state index contributed by atoms with van der Waals surface area (Å²) in [4.78, 5) is 0. The number of rotatable bonds is 9. The maximum atomic E-state index is 5.62. The predicted octanol–water partition coefficient (Wildman–Crippen LogP) is 1.53. The molecule has 0 aromatic heterocycles. The number of hydrogen-bond acceptors (Lipinski definition) is 3. The molecule has 0 saturated heterocycles. The predicted molar refractivity (Wildman–Crippen MR) is 62.9 cm³/mol. The van der Waals surface area contributed by atoms with Crippen LogP contribution in [-0.4, -0.2) is 35.6 Å². The van der Waals surface area contributed by atoms with Gasteiger partial charge in [-0.1, -0.05) is 13.8 Å². The van der Waals surface area contributed by atoms with Gasteiger partial charge >= 0.3 is 9.28 Å². The summed E-state index contributed by atoms with van der Waals surface area (Å²) in [5, 5.41) is 3.35. The summed E-state index contributed by atoms with van der Waals surface area (Å²) in [7, 11) is -1.37. The molecule has 1 unspecified atom stereocenters. The van der Waals surface area contributed by atoms with Crippen molar-refractivity contribution in [3.8, 4) is 0 Å². The Hall–Kier alpha value is 0.0969. The summed E-state index contributed by atoms with van der Waals surface area (Å²) >= 11 is 0. The van der Waals surface area contributed by atoms with Crippen LogP contribution in [0.5, 0.6) is 0 Å². The summed E-state index contributed by atoms with van der Waals surface area (Å²) in [5.74, 6) is 0.657. The van der Waals surface area contributed by atoms with Crippen LogP contribution in [0.1, 0.15) is 27.7 Å². The first-order valence-corrected chi connectivity index (χ1v) is 7.44. The zero-order valence-electron chi connectivity index (χ0n) is 10.0. The van der Waals surface area contributed by atoms with Gasteiger partial charge in [0, 0.05) is 13.2 Å². The molecule has 0 fully saturated rings. The minimum absolute atomic E-state index is 0.657. The molecule has 14 heavy (non-hydrogen) atoms. The van der Waals surface area contributed by atoms with E-state index in [9.17, 15) is 0 Å². The van der Waals surface area contributed by atoms with Gasteiger partial charge in [-0.15, -0.1) is 0 Å². The van der Waals surface area contributed by atoms with Crippen LogP contribution < -0.4 is 5.32 Å². The third kappa shape index (κ3) is 7.50. The zero-order valence-corrected chi connectivity index (χ0v) is 11.2. The third-order valence-corrected chi connectivity index (χ3v) is 4.64. The Labute approximate surface area is 90.0 Å². The van der Waals surface area contributed by atoms with Gasteiger partial charge in [-0.2, -0.15) is 0 Å². The molecular weight excluding hydrogens is 194 g/mol. The minimum atomic E-state index is -1.37. The highest BCUT2D eigenvalue weighted by Crippen LogP contribution is 2.08. The smallest absolute Gasteiger partial charge is 0.321 e. The summed E-state index contributed by atoms with van der Waals surface area (Å²) in [5.41, 5.74) is 0. The van der Waals surface area contributed by atoms with E-state index in [0.717, 1.165) is 32.3 Å². The molecule has 0 heterocycles. The molecule has 0 bridgehead atoms. The van der Waals surface area contributed by atoms with E-state index in [2.05, 4.69) is 19.2 Å². The summed E-state index contributed by atoms with van der Waals surface area (Å²) in [6.45, 7) is 12.1. The third-order valence-electron chi connectivity index (χ3n) is 2.04. The van der Waals surface area contributed by atoms with Gasteiger partial charge in [0.1, 0.15) is 0 Å². The molecule has 0 spiro atoms. The Morgan fingerprint density at radius 1 is 1.14 bits per heavy atom. The second-order valence-electron chi connectivity index (χ2n) is 3.49. The first kappa shape index (κ1) is 14.1. The van der Waals surface area contributed by atoms with Crippen molar-refractivity contribution in [3.05, 3.63) is 0 Å². The van der Waals surface area contributed by atoms with Crippen molar-refractivity contribution in [2.45, 2.75) is 33.7 Å². The van der Waals surface area contributed by atoms with Crippen LogP contribution in [0.3, 0.4) is 0 Å². The average molecular weight is 219 g/mol. The van der Waals surface area contributed by atoms with Gasteiger partial charge in [-0.05, 0) is 38.9 Å².